The fourth-order valence-corrected chi connectivity index (χ4v) is 0.682. The summed E-state index contributed by atoms with van der Waals surface area (Å²) in [6.07, 6.45) is 1.18. The van der Waals surface area contributed by atoms with Gasteiger partial charge in [-0.2, -0.15) is 0 Å². The van der Waals surface area contributed by atoms with Gasteiger partial charge in [-0.15, -0.1) is 0 Å². The third-order valence-electron chi connectivity index (χ3n) is 2.06. The molecule has 0 bridgehead atoms. The Balaban J connectivity index is 3.10. The molecule has 2 nitrogen and oxygen atoms in total. The zero-order valence-electron chi connectivity index (χ0n) is 8.28. The van der Waals surface area contributed by atoms with Gasteiger partial charge >= 0.3 is 0 Å². The molecule has 0 radical (unpaired) electrons. The van der Waals surface area contributed by atoms with Gasteiger partial charge in [0.25, 0.3) is 0 Å². The molecule has 0 aliphatic rings. The van der Waals surface area contributed by atoms with Crippen LogP contribution in [0, 0.1) is 11.8 Å². The van der Waals surface area contributed by atoms with E-state index in [1.54, 1.807) is 0 Å². The Morgan fingerprint density at radius 1 is 1.09 bits per heavy atom. The minimum absolute atomic E-state index is 0.749. The van der Waals surface area contributed by atoms with Gasteiger partial charge in [0.05, 0.1) is 0 Å². The van der Waals surface area contributed by atoms with Crippen LogP contribution in [-0.4, -0.2) is 13.1 Å². The average molecular weight is 158 g/mol. The van der Waals surface area contributed by atoms with Crippen LogP contribution in [-0.2, 0) is 0 Å². The largest absolute Gasteiger partial charge is 0.258 e. The first-order valence-corrected chi connectivity index (χ1v) is 4.64. The molecule has 11 heavy (non-hydrogen) atoms. The van der Waals surface area contributed by atoms with Crippen molar-refractivity contribution in [2.75, 3.05) is 13.1 Å². The van der Waals surface area contributed by atoms with Gasteiger partial charge in [-0.1, -0.05) is 27.7 Å². The highest BCUT2D eigenvalue weighted by molar-refractivity contribution is 4.58. The maximum absolute atomic E-state index is 3.22. The van der Waals surface area contributed by atoms with Gasteiger partial charge < -0.3 is 0 Å². The zero-order chi connectivity index (χ0) is 8.69. The van der Waals surface area contributed by atoms with Gasteiger partial charge in [0.15, 0.2) is 0 Å². The fourth-order valence-electron chi connectivity index (χ4n) is 0.682. The van der Waals surface area contributed by atoms with Crippen molar-refractivity contribution >= 4 is 0 Å². The van der Waals surface area contributed by atoms with E-state index >= 15 is 0 Å². The molecule has 0 aromatic heterocycles. The van der Waals surface area contributed by atoms with Crippen molar-refractivity contribution in [3.8, 4) is 0 Å². The van der Waals surface area contributed by atoms with Crippen LogP contribution in [0.5, 0.6) is 0 Å². The third-order valence-corrected chi connectivity index (χ3v) is 2.06. The van der Waals surface area contributed by atoms with Crippen LogP contribution >= 0.6 is 0 Å². The highest BCUT2D eigenvalue weighted by Gasteiger charge is 2.04. The molecule has 0 aliphatic carbocycles. The van der Waals surface area contributed by atoms with Gasteiger partial charge in [0.2, 0.25) is 0 Å². The number of hydrazine groups is 1. The number of hydrogen-bond donors (Lipinski definition) is 2. The molecule has 0 aromatic rings. The van der Waals surface area contributed by atoms with Crippen molar-refractivity contribution in [2.45, 2.75) is 34.1 Å². The van der Waals surface area contributed by atoms with E-state index in [0.29, 0.717) is 0 Å². The molecule has 0 unspecified atom stereocenters. The Morgan fingerprint density at radius 3 is 2.18 bits per heavy atom. The van der Waals surface area contributed by atoms with Crippen LogP contribution in [0.3, 0.4) is 0 Å². The van der Waals surface area contributed by atoms with E-state index in [1.165, 1.54) is 6.42 Å². The van der Waals surface area contributed by atoms with Gasteiger partial charge in [-0.3, -0.25) is 10.9 Å². The van der Waals surface area contributed by atoms with Gasteiger partial charge in [0, 0.05) is 13.1 Å². The van der Waals surface area contributed by atoms with E-state index in [2.05, 4.69) is 38.5 Å². The Labute approximate surface area is 70.7 Å². The molecule has 0 heterocycles. The molecule has 2 heteroatoms. The van der Waals surface area contributed by atoms with E-state index < -0.39 is 0 Å². The summed E-state index contributed by atoms with van der Waals surface area (Å²) < 4.78 is 0. The molecule has 2 N–H and O–H groups in total. The lowest BCUT2D eigenvalue weighted by molar-refractivity contribution is 0.366. The summed E-state index contributed by atoms with van der Waals surface area (Å²) in [4.78, 5) is 0. The second-order valence-electron chi connectivity index (χ2n) is 3.53. The first-order chi connectivity index (χ1) is 5.18. The lowest BCUT2D eigenvalue weighted by Crippen LogP contribution is -2.36. The Bertz CT molecular complexity index is 81.6. The molecular weight excluding hydrogens is 136 g/mol. The van der Waals surface area contributed by atoms with Crippen LogP contribution in [0.25, 0.3) is 0 Å². The maximum atomic E-state index is 3.22. The SMILES string of the molecule is CCCNNC[C@H](C)C(C)C. The van der Waals surface area contributed by atoms with Crippen molar-refractivity contribution in [1.29, 1.82) is 0 Å². The standard InChI is InChI=1S/C9H22N2/c1-5-6-10-11-7-9(4)8(2)3/h8-11H,5-7H2,1-4H3/t9-/m0/s1. The molecule has 68 valence electrons. The van der Waals surface area contributed by atoms with Crippen LogP contribution in [0.15, 0.2) is 0 Å². The summed E-state index contributed by atoms with van der Waals surface area (Å²) in [7, 11) is 0. The molecule has 0 aliphatic heterocycles. The second-order valence-corrected chi connectivity index (χ2v) is 3.53. The monoisotopic (exact) mass is 158 g/mol. The molecule has 0 amide bonds. The molecule has 1 atom stereocenters. The summed E-state index contributed by atoms with van der Waals surface area (Å²) >= 11 is 0. The molecule has 0 saturated carbocycles. The fraction of sp³-hybridized carbons (Fsp3) is 1.00. The van der Waals surface area contributed by atoms with Crippen molar-refractivity contribution in [3.63, 3.8) is 0 Å². The van der Waals surface area contributed by atoms with Crippen LogP contribution in [0.4, 0.5) is 0 Å². The summed E-state index contributed by atoms with van der Waals surface area (Å²) in [6, 6.07) is 0. The van der Waals surface area contributed by atoms with E-state index in [9.17, 15) is 0 Å². The lowest BCUT2D eigenvalue weighted by atomic mass is 9.99. The Hall–Kier alpha value is -0.0800. The number of nitrogens with one attached hydrogen (secondary N) is 2. The molecule has 0 saturated heterocycles. The smallest absolute Gasteiger partial charge is 0.0128 e. The van der Waals surface area contributed by atoms with E-state index in [0.717, 1.165) is 24.9 Å². The molecule has 0 spiro atoms. The Kier molecular flexibility index (Phi) is 6.57. The van der Waals surface area contributed by atoms with Crippen LogP contribution < -0.4 is 10.9 Å². The molecular formula is C9H22N2. The van der Waals surface area contributed by atoms with Crippen molar-refractivity contribution < 1.29 is 0 Å². The summed E-state index contributed by atoms with van der Waals surface area (Å²) in [6.45, 7) is 11.1. The quantitative estimate of drug-likeness (QED) is 0.455. The lowest BCUT2D eigenvalue weighted by Gasteiger charge is -2.16. The normalized spacial score (nSPS) is 13.9. The van der Waals surface area contributed by atoms with Gasteiger partial charge in [0.1, 0.15) is 0 Å². The first-order valence-electron chi connectivity index (χ1n) is 4.64. The molecule has 0 rings (SSSR count). The van der Waals surface area contributed by atoms with Gasteiger partial charge in [-0.05, 0) is 18.3 Å². The average Bonchev–Trinajstić information content (AvgIpc) is 1.97. The number of rotatable bonds is 6. The summed E-state index contributed by atoms with van der Waals surface area (Å²) in [5.74, 6) is 1.52. The van der Waals surface area contributed by atoms with E-state index in [4.69, 9.17) is 0 Å². The predicted molar refractivity (Wildman–Crippen MR) is 50.3 cm³/mol. The highest BCUT2D eigenvalue weighted by atomic mass is 15.3. The van der Waals surface area contributed by atoms with E-state index in [1.807, 2.05) is 0 Å². The second kappa shape index (κ2) is 6.62. The van der Waals surface area contributed by atoms with Crippen LogP contribution in [0.1, 0.15) is 34.1 Å². The van der Waals surface area contributed by atoms with Crippen LogP contribution in [0.2, 0.25) is 0 Å². The minimum atomic E-state index is 0.749. The zero-order valence-corrected chi connectivity index (χ0v) is 8.28. The van der Waals surface area contributed by atoms with Crippen molar-refractivity contribution in [3.05, 3.63) is 0 Å². The third kappa shape index (κ3) is 6.32. The maximum Gasteiger partial charge on any atom is 0.0128 e. The molecule has 0 fully saturated rings. The summed E-state index contributed by atoms with van der Waals surface area (Å²) in [5, 5.41) is 0. The topological polar surface area (TPSA) is 24.1 Å². The first kappa shape index (κ1) is 10.9. The summed E-state index contributed by atoms with van der Waals surface area (Å²) in [5.41, 5.74) is 6.39. The van der Waals surface area contributed by atoms with E-state index in [-0.39, 0.29) is 0 Å². The molecule has 0 aromatic carbocycles. The number of hydrogen-bond acceptors (Lipinski definition) is 2. The highest BCUT2D eigenvalue weighted by Crippen LogP contribution is 2.06. The predicted octanol–water partition coefficient (Wildman–Crippen LogP) is 1.78. The van der Waals surface area contributed by atoms with Gasteiger partial charge in [-0.25, -0.2) is 0 Å². The minimum Gasteiger partial charge on any atom is -0.258 e. The Morgan fingerprint density at radius 2 is 1.73 bits per heavy atom. The van der Waals surface area contributed by atoms with Crippen molar-refractivity contribution in [2.24, 2.45) is 11.8 Å². The van der Waals surface area contributed by atoms with Crippen molar-refractivity contribution in [1.82, 2.24) is 10.9 Å².